The third-order valence-electron chi connectivity index (χ3n) is 4.60. The zero-order chi connectivity index (χ0) is 15.4. The van der Waals surface area contributed by atoms with Crippen LogP contribution in [0.2, 0.25) is 0 Å². The average Bonchev–Trinajstić information content (AvgIpc) is 2.91. The quantitative estimate of drug-likeness (QED) is 0.867. The Morgan fingerprint density at radius 1 is 1.24 bits per heavy atom. The van der Waals surface area contributed by atoms with Crippen LogP contribution in [-0.4, -0.2) is 57.2 Å². The molecule has 2 saturated heterocycles. The van der Waals surface area contributed by atoms with E-state index in [9.17, 15) is 14.7 Å². The van der Waals surface area contributed by atoms with Gasteiger partial charge in [0.2, 0.25) is 0 Å². The molecule has 0 spiro atoms. The van der Waals surface area contributed by atoms with Gasteiger partial charge < -0.3 is 10.0 Å². The average molecular weight is 314 g/mol. The van der Waals surface area contributed by atoms with Gasteiger partial charge in [0.1, 0.15) is 6.04 Å². The van der Waals surface area contributed by atoms with Gasteiger partial charge in [-0.25, -0.2) is 9.59 Å². The van der Waals surface area contributed by atoms with E-state index in [-0.39, 0.29) is 11.4 Å². The van der Waals surface area contributed by atoms with Crippen molar-refractivity contribution >= 4 is 23.8 Å². The number of rotatable bonds is 4. The standard InChI is InChI=1S/C15H26N2O3S/c1-3-5-13-17(12(10-21-13)14(18)19)15(20)16-8-6-11(4-2)7-9-16/h11-13H,3-10H2,1-2H3,(H,18,19). The molecule has 2 rings (SSSR count). The largest absolute Gasteiger partial charge is 0.480 e. The van der Waals surface area contributed by atoms with Gasteiger partial charge in [-0.2, -0.15) is 0 Å². The summed E-state index contributed by atoms with van der Waals surface area (Å²) in [6.07, 6.45) is 5.08. The van der Waals surface area contributed by atoms with Crippen LogP contribution in [0.3, 0.4) is 0 Å². The number of carbonyl (C=O) groups is 2. The molecule has 0 bridgehead atoms. The van der Waals surface area contributed by atoms with Gasteiger partial charge in [-0.15, -0.1) is 11.8 Å². The highest BCUT2D eigenvalue weighted by atomic mass is 32.2. The Hall–Kier alpha value is -0.910. The summed E-state index contributed by atoms with van der Waals surface area (Å²) in [5.41, 5.74) is 0. The monoisotopic (exact) mass is 314 g/mol. The van der Waals surface area contributed by atoms with E-state index < -0.39 is 12.0 Å². The van der Waals surface area contributed by atoms with Crippen LogP contribution in [0.5, 0.6) is 0 Å². The summed E-state index contributed by atoms with van der Waals surface area (Å²) in [5.74, 6) is 0.346. The van der Waals surface area contributed by atoms with Gasteiger partial charge >= 0.3 is 12.0 Å². The Labute approximate surface area is 131 Å². The van der Waals surface area contributed by atoms with Gasteiger partial charge in [0.05, 0.1) is 5.37 Å². The number of hydrogen-bond acceptors (Lipinski definition) is 3. The predicted octanol–water partition coefficient (Wildman–Crippen LogP) is 2.86. The van der Waals surface area contributed by atoms with Gasteiger partial charge in [0.25, 0.3) is 0 Å². The lowest BCUT2D eigenvalue weighted by molar-refractivity contribution is -0.141. The number of hydrogen-bond donors (Lipinski definition) is 1. The number of thioether (sulfide) groups is 1. The van der Waals surface area contributed by atoms with Crippen LogP contribution in [0, 0.1) is 5.92 Å². The molecule has 5 nitrogen and oxygen atoms in total. The number of amides is 2. The SMILES string of the molecule is CCCC1SCC(C(=O)O)N1C(=O)N1CCC(CC)CC1. The molecule has 21 heavy (non-hydrogen) atoms. The lowest BCUT2D eigenvalue weighted by atomic mass is 9.94. The van der Waals surface area contributed by atoms with E-state index in [1.54, 1.807) is 16.7 Å². The number of urea groups is 1. The second-order valence-electron chi connectivity index (χ2n) is 5.96. The first-order valence-electron chi connectivity index (χ1n) is 8.00. The van der Waals surface area contributed by atoms with Crippen LogP contribution < -0.4 is 0 Å². The summed E-state index contributed by atoms with van der Waals surface area (Å²) in [6, 6.07) is -0.733. The maximum absolute atomic E-state index is 12.8. The summed E-state index contributed by atoms with van der Waals surface area (Å²) in [7, 11) is 0. The maximum Gasteiger partial charge on any atom is 0.327 e. The number of carboxylic acids is 1. The van der Waals surface area contributed by atoms with Crippen molar-refractivity contribution in [1.29, 1.82) is 0 Å². The number of likely N-dealkylation sites (tertiary alicyclic amines) is 1. The molecule has 2 aliphatic rings. The second-order valence-corrected chi connectivity index (χ2v) is 7.17. The van der Waals surface area contributed by atoms with Crippen LogP contribution in [0.4, 0.5) is 4.79 Å². The fourth-order valence-corrected chi connectivity index (χ4v) is 4.68. The molecule has 0 aromatic carbocycles. The molecule has 2 heterocycles. The molecule has 2 unspecified atom stereocenters. The molecule has 1 N–H and O–H groups in total. The highest BCUT2D eigenvalue weighted by Gasteiger charge is 2.43. The third-order valence-corrected chi connectivity index (χ3v) is 5.95. The molecule has 2 fully saturated rings. The van der Waals surface area contributed by atoms with Crippen molar-refractivity contribution in [3.63, 3.8) is 0 Å². The number of nitrogens with zero attached hydrogens (tertiary/aromatic N) is 2. The lowest BCUT2D eigenvalue weighted by Crippen LogP contribution is -2.53. The molecule has 0 aromatic rings. The molecule has 2 amide bonds. The molecular weight excluding hydrogens is 288 g/mol. The third kappa shape index (κ3) is 3.65. The summed E-state index contributed by atoms with van der Waals surface area (Å²) < 4.78 is 0. The molecule has 0 aromatic heterocycles. The normalized spacial score (nSPS) is 27.1. The smallest absolute Gasteiger partial charge is 0.327 e. The second kappa shape index (κ2) is 7.38. The summed E-state index contributed by atoms with van der Waals surface area (Å²) in [5, 5.41) is 9.39. The molecular formula is C15H26N2O3S. The zero-order valence-corrected chi connectivity index (χ0v) is 13.8. The summed E-state index contributed by atoms with van der Waals surface area (Å²) in [4.78, 5) is 27.7. The first-order chi connectivity index (χ1) is 10.1. The fourth-order valence-electron chi connectivity index (χ4n) is 3.18. The summed E-state index contributed by atoms with van der Waals surface area (Å²) in [6.45, 7) is 5.80. The van der Waals surface area contributed by atoms with Gasteiger partial charge in [-0.3, -0.25) is 4.90 Å². The molecule has 2 atom stereocenters. The predicted molar refractivity (Wildman–Crippen MR) is 84.4 cm³/mol. The Bertz CT molecular complexity index is 383. The lowest BCUT2D eigenvalue weighted by Gasteiger charge is -2.37. The van der Waals surface area contributed by atoms with Crippen LogP contribution in [0.25, 0.3) is 0 Å². The van der Waals surface area contributed by atoms with E-state index in [0.717, 1.165) is 45.2 Å². The van der Waals surface area contributed by atoms with Crippen LogP contribution in [0.15, 0.2) is 0 Å². The molecule has 0 aliphatic carbocycles. The highest BCUT2D eigenvalue weighted by Crippen LogP contribution is 2.34. The van der Waals surface area contributed by atoms with E-state index in [2.05, 4.69) is 13.8 Å². The molecule has 120 valence electrons. The minimum absolute atomic E-state index is 0.0208. The number of carbonyl (C=O) groups excluding carboxylic acids is 1. The van der Waals surface area contributed by atoms with Crippen LogP contribution in [0.1, 0.15) is 46.0 Å². The Morgan fingerprint density at radius 2 is 1.90 bits per heavy atom. The van der Waals surface area contributed by atoms with E-state index in [1.807, 2.05) is 4.90 Å². The minimum Gasteiger partial charge on any atom is -0.480 e. The van der Waals surface area contributed by atoms with E-state index >= 15 is 0 Å². The van der Waals surface area contributed by atoms with Gasteiger partial charge in [-0.1, -0.05) is 26.7 Å². The number of aliphatic carboxylic acids is 1. The Balaban J connectivity index is 2.05. The molecule has 0 saturated carbocycles. The Morgan fingerprint density at radius 3 is 2.43 bits per heavy atom. The minimum atomic E-state index is -0.877. The van der Waals surface area contributed by atoms with Crippen molar-refractivity contribution in [2.75, 3.05) is 18.8 Å². The molecule has 6 heteroatoms. The van der Waals surface area contributed by atoms with Crippen LogP contribution in [-0.2, 0) is 4.79 Å². The van der Waals surface area contributed by atoms with Crippen molar-refractivity contribution < 1.29 is 14.7 Å². The topological polar surface area (TPSA) is 60.9 Å². The van der Waals surface area contributed by atoms with Crippen molar-refractivity contribution in [3.05, 3.63) is 0 Å². The van der Waals surface area contributed by atoms with Gasteiger partial charge in [0, 0.05) is 18.8 Å². The zero-order valence-electron chi connectivity index (χ0n) is 13.0. The van der Waals surface area contributed by atoms with Crippen molar-refractivity contribution in [2.24, 2.45) is 5.92 Å². The molecule has 0 radical (unpaired) electrons. The first-order valence-corrected chi connectivity index (χ1v) is 9.05. The first kappa shape index (κ1) is 16.5. The van der Waals surface area contributed by atoms with E-state index in [0.29, 0.717) is 11.7 Å². The van der Waals surface area contributed by atoms with Gasteiger partial charge in [0.15, 0.2) is 0 Å². The summed E-state index contributed by atoms with van der Waals surface area (Å²) >= 11 is 1.61. The van der Waals surface area contributed by atoms with Crippen molar-refractivity contribution in [1.82, 2.24) is 9.80 Å². The number of carboxylic acid groups (broad SMARTS) is 1. The van der Waals surface area contributed by atoms with Gasteiger partial charge in [-0.05, 0) is 25.2 Å². The van der Waals surface area contributed by atoms with Crippen LogP contribution >= 0.6 is 11.8 Å². The maximum atomic E-state index is 12.8. The molecule has 2 aliphatic heterocycles. The Kier molecular flexibility index (Phi) is 5.79. The fraction of sp³-hybridized carbons (Fsp3) is 0.867. The van der Waals surface area contributed by atoms with E-state index in [4.69, 9.17) is 0 Å². The highest BCUT2D eigenvalue weighted by molar-refractivity contribution is 8.00. The van der Waals surface area contributed by atoms with Crippen molar-refractivity contribution in [2.45, 2.75) is 57.4 Å². The van der Waals surface area contributed by atoms with E-state index in [1.165, 1.54) is 0 Å². The van der Waals surface area contributed by atoms with Crippen molar-refractivity contribution in [3.8, 4) is 0 Å². The number of piperidine rings is 1.